The molecule has 2 N–H and O–H groups in total. The van der Waals surface area contributed by atoms with Crippen LogP contribution in [0.5, 0.6) is 0 Å². The molecule has 4 heteroatoms. The van der Waals surface area contributed by atoms with Crippen molar-refractivity contribution in [2.75, 3.05) is 0 Å². The van der Waals surface area contributed by atoms with Crippen LogP contribution in [0.25, 0.3) is 0 Å². The third-order valence-electron chi connectivity index (χ3n) is 1.79. The van der Waals surface area contributed by atoms with E-state index in [1.165, 1.54) is 0 Å². The molecule has 1 aromatic rings. The molecule has 0 aliphatic carbocycles. The van der Waals surface area contributed by atoms with Gasteiger partial charge in [0.25, 0.3) is 0 Å². The second kappa shape index (κ2) is 3.58. The molecule has 1 heterocycles. The van der Waals surface area contributed by atoms with Crippen LogP contribution in [-0.4, -0.2) is 15.2 Å². The Morgan fingerprint density at radius 3 is 2.50 bits per heavy atom. The van der Waals surface area contributed by atoms with Crippen molar-refractivity contribution in [1.82, 2.24) is 15.2 Å². The van der Waals surface area contributed by atoms with Gasteiger partial charge in [0, 0.05) is 0 Å². The Hall–Kier alpha value is -1.03. The van der Waals surface area contributed by atoms with Gasteiger partial charge in [-0.3, -0.25) is 0 Å². The highest BCUT2D eigenvalue weighted by Crippen LogP contribution is 2.12. The number of aromatic nitrogens is 3. The normalized spacial score (nSPS) is 13.0. The lowest BCUT2D eigenvalue weighted by molar-refractivity contribution is 0.639. The minimum Gasteiger partial charge on any atom is -0.323 e. The predicted octanol–water partition coefficient (Wildman–Crippen LogP) is 0.898. The van der Waals surface area contributed by atoms with Crippen LogP contribution in [0.1, 0.15) is 36.6 Å². The molecule has 0 aliphatic heterocycles. The van der Waals surface area contributed by atoms with E-state index in [2.05, 4.69) is 15.2 Å². The average molecular weight is 166 g/mol. The fraction of sp³-hybridized carbons (Fsp3) is 0.625. The second-order valence-electron chi connectivity index (χ2n) is 2.84. The highest BCUT2D eigenvalue weighted by molar-refractivity contribution is 5.11. The van der Waals surface area contributed by atoms with Gasteiger partial charge < -0.3 is 5.73 Å². The van der Waals surface area contributed by atoms with E-state index in [0.29, 0.717) is 5.82 Å². The first kappa shape index (κ1) is 9.06. The highest BCUT2D eigenvalue weighted by Gasteiger charge is 2.09. The first-order valence-corrected chi connectivity index (χ1v) is 4.08. The summed E-state index contributed by atoms with van der Waals surface area (Å²) in [5.41, 5.74) is 7.50. The monoisotopic (exact) mass is 166 g/mol. The molecule has 1 rings (SSSR count). The lowest BCUT2D eigenvalue weighted by atomic mass is 10.1. The summed E-state index contributed by atoms with van der Waals surface area (Å²) < 4.78 is 0. The van der Waals surface area contributed by atoms with Crippen LogP contribution in [0.4, 0.5) is 0 Å². The van der Waals surface area contributed by atoms with E-state index in [-0.39, 0.29) is 6.04 Å². The Labute approximate surface area is 72.2 Å². The third kappa shape index (κ3) is 1.76. The summed E-state index contributed by atoms with van der Waals surface area (Å²) in [5, 5.41) is 7.88. The van der Waals surface area contributed by atoms with E-state index in [4.69, 9.17) is 5.73 Å². The smallest absolute Gasteiger partial charge is 0.148 e. The molecule has 0 saturated heterocycles. The topological polar surface area (TPSA) is 64.7 Å². The summed E-state index contributed by atoms with van der Waals surface area (Å²) >= 11 is 0. The summed E-state index contributed by atoms with van der Waals surface area (Å²) in [6.45, 7) is 5.75. The molecule has 12 heavy (non-hydrogen) atoms. The fourth-order valence-corrected chi connectivity index (χ4v) is 1.06. The van der Waals surface area contributed by atoms with Crippen LogP contribution >= 0.6 is 0 Å². The van der Waals surface area contributed by atoms with Crippen molar-refractivity contribution in [2.45, 2.75) is 33.2 Å². The van der Waals surface area contributed by atoms with Crippen LogP contribution in [0.2, 0.25) is 0 Å². The Morgan fingerprint density at radius 1 is 1.33 bits per heavy atom. The molecule has 0 radical (unpaired) electrons. The Morgan fingerprint density at radius 2 is 2.00 bits per heavy atom. The zero-order chi connectivity index (χ0) is 9.14. The maximum atomic E-state index is 5.80. The Kier molecular flexibility index (Phi) is 2.70. The third-order valence-corrected chi connectivity index (χ3v) is 1.79. The van der Waals surface area contributed by atoms with Crippen molar-refractivity contribution in [3.63, 3.8) is 0 Å². The number of hydrogen-bond donors (Lipinski definition) is 1. The van der Waals surface area contributed by atoms with Crippen molar-refractivity contribution >= 4 is 0 Å². The van der Waals surface area contributed by atoms with Crippen molar-refractivity contribution in [1.29, 1.82) is 0 Å². The first-order chi connectivity index (χ1) is 5.65. The van der Waals surface area contributed by atoms with Crippen LogP contribution in [0.3, 0.4) is 0 Å². The summed E-state index contributed by atoms with van der Waals surface area (Å²) in [7, 11) is 0. The molecule has 1 unspecified atom stereocenters. The Bertz CT molecular complexity index is 272. The van der Waals surface area contributed by atoms with Gasteiger partial charge in [0.15, 0.2) is 0 Å². The maximum Gasteiger partial charge on any atom is 0.148 e. The molecule has 0 saturated carbocycles. The summed E-state index contributed by atoms with van der Waals surface area (Å²) in [5.74, 6) is 0.694. The van der Waals surface area contributed by atoms with Gasteiger partial charge in [-0.25, -0.2) is 4.98 Å². The first-order valence-electron chi connectivity index (χ1n) is 4.08. The van der Waals surface area contributed by atoms with Crippen LogP contribution in [0, 0.1) is 13.8 Å². The summed E-state index contributed by atoms with van der Waals surface area (Å²) in [6, 6.07) is -0.0365. The van der Waals surface area contributed by atoms with Crippen molar-refractivity contribution in [3.05, 3.63) is 17.2 Å². The second-order valence-corrected chi connectivity index (χ2v) is 2.84. The minimum absolute atomic E-state index is 0.0365. The van der Waals surface area contributed by atoms with Crippen LogP contribution < -0.4 is 5.73 Å². The van der Waals surface area contributed by atoms with E-state index >= 15 is 0 Å². The molecular weight excluding hydrogens is 152 g/mol. The number of aryl methyl sites for hydroxylation is 2. The zero-order valence-corrected chi connectivity index (χ0v) is 7.70. The van der Waals surface area contributed by atoms with Gasteiger partial charge >= 0.3 is 0 Å². The number of nitrogens with zero attached hydrogens (tertiary/aromatic N) is 3. The fourth-order valence-electron chi connectivity index (χ4n) is 1.06. The van der Waals surface area contributed by atoms with Crippen molar-refractivity contribution in [2.24, 2.45) is 5.73 Å². The quantitative estimate of drug-likeness (QED) is 0.708. The van der Waals surface area contributed by atoms with Crippen LogP contribution in [-0.2, 0) is 0 Å². The van der Waals surface area contributed by atoms with Gasteiger partial charge in [0.05, 0.1) is 11.7 Å². The van der Waals surface area contributed by atoms with Gasteiger partial charge in [0.2, 0.25) is 0 Å². The number of nitrogens with two attached hydrogens (primary N) is 1. The van der Waals surface area contributed by atoms with Crippen LogP contribution in [0.15, 0.2) is 0 Å². The molecule has 1 atom stereocenters. The van der Waals surface area contributed by atoms with E-state index < -0.39 is 0 Å². The lowest BCUT2D eigenvalue weighted by Gasteiger charge is -2.09. The standard InChI is InChI=1S/C8H14N4/c1-4-7(9)8-5(2)10-6(3)11-12-8/h7H,4,9H2,1-3H3. The van der Waals surface area contributed by atoms with Gasteiger partial charge in [-0.2, -0.15) is 5.10 Å². The molecule has 4 nitrogen and oxygen atoms in total. The number of rotatable bonds is 2. The summed E-state index contributed by atoms with van der Waals surface area (Å²) in [6.07, 6.45) is 0.861. The van der Waals surface area contributed by atoms with Crippen molar-refractivity contribution in [3.8, 4) is 0 Å². The average Bonchev–Trinajstić information content (AvgIpc) is 2.03. The minimum atomic E-state index is -0.0365. The molecule has 0 bridgehead atoms. The molecule has 0 aromatic carbocycles. The molecular formula is C8H14N4. The van der Waals surface area contributed by atoms with Gasteiger partial charge in [0.1, 0.15) is 11.5 Å². The van der Waals surface area contributed by atoms with Gasteiger partial charge in [-0.15, -0.1) is 5.10 Å². The van der Waals surface area contributed by atoms with E-state index in [1.807, 2.05) is 20.8 Å². The zero-order valence-electron chi connectivity index (χ0n) is 7.70. The SMILES string of the molecule is CCC(N)c1nnc(C)nc1C. The lowest BCUT2D eigenvalue weighted by Crippen LogP contribution is -2.15. The predicted molar refractivity (Wildman–Crippen MR) is 46.5 cm³/mol. The molecule has 1 aromatic heterocycles. The molecule has 0 fully saturated rings. The molecule has 66 valence electrons. The van der Waals surface area contributed by atoms with E-state index in [1.54, 1.807) is 0 Å². The largest absolute Gasteiger partial charge is 0.323 e. The Balaban J connectivity index is 3.01. The van der Waals surface area contributed by atoms with E-state index in [0.717, 1.165) is 17.8 Å². The molecule has 0 spiro atoms. The van der Waals surface area contributed by atoms with Crippen molar-refractivity contribution < 1.29 is 0 Å². The summed E-state index contributed by atoms with van der Waals surface area (Å²) in [4.78, 5) is 4.19. The number of hydrogen-bond acceptors (Lipinski definition) is 4. The maximum absolute atomic E-state index is 5.80. The van der Waals surface area contributed by atoms with E-state index in [9.17, 15) is 0 Å². The molecule has 0 aliphatic rings. The van der Waals surface area contributed by atoms with Gasteiger partial charge in [-0.05, 0) is 20.3 Å². The highest BCUT2D eigenvalue weighted by atomic mass is 15.2. The molecule has 0 amide bonds. The van der Waals surface area contributed by atoms with Gasteiger partial charge in [-0.1, -0.05) is 6.92 Å².